The Labute approximate surface area is 353 Å². The van der Waals surface area contributed by atoms with Gasteiger partial charge in [-0.05, 0) is 89.7 Å². The number of hydrogen-bond donors (Lipinski definition) is 0. The van der Waals surface area contributed by atoms with E-state index in [9.17, 15) is 0 Å². The smallest absolute Gasteiger partial charge is 0.164 e. The highest BCUT2D eigenvalue weighted by Crippen LogP contribution is 2.51. The Morgan fingerprint density at radius 1 is 0.557 bits per heavy atom. The van der Waals surface area contributed by atoms with Crippen LogP contribution in [-0.4, -0.2) is 26.6 Å². The molecular weight excluding hydrogens is 747 g/mol. The minimum atomic E-state index is -0.0326. The second kappa shape index (κ2) is 14.2. The predicted molar refractivity (Wildman–Crippen MR) is 249 cm³/mol. The van der Waals surface area contributed by atoms with E-state index >= 15 is 0 Å². The molecule has 290 valence electrons. The van der Waals surface area contributed by atoms with E-state index in [1.54, 1.807) is 0 Å². The molecule has 10 aromatic rings. The number of aromatic nitrogens is 4. The summed E-state index contributed by atoms with van der Waals surface area (Å²) in [7, 11) is 2.16. The zero-order valence-electron chi connectivity index (χ0n) is 33.5. The van der Waals surface area contributed by atoms with Crippen LogP contribution >= 0.6 is 0 Å². The van der Waals surface area contributed by atoms with Crippen LogP contribution in [0.2, 0.25) is 0 Å². The Morgan fingerprint density at radius 2 is 1.15 bits per heavy atom. The molecule has 6 heteroatoms. The Bertz CT molecular complexity index is 3320. The van der Waals surface area contributed by atoms with Crippen molar-refractivity contribution in [2.75, 3.05) is 11.9 Å². The molecule has 0 bridgehead atoms. The molecule has 6 nitrogen and oxygen atoms in total. The molecule has 1 unspecified atom stereocenters. The van der Waals surface area contributed by atoms with Crippen molar-refractivity contribution in [3.63, 3.8) is 0 Å². The van der Waals surface area contributed by atoms with Gasteiger partial charge in [-0.15, -0.1) is 0 Å². The van der Waals surface area contributed by atoms with Crippen LogP contribution in [0.4, 0.5) is 5.69 Å². The van der Waals surface area contributed by atoms with Gasteiger partial charge in [0.15, 0.2) is 17.5 Å². The lowest BCUT2D eigenvalue weighted by molar-refractivity contribution is 0.514. The first-order valence-electron chi connectivity index (χ1n) is 20.9. The van der Waals surface area contributed by atoms with Gasteiger partial charge in [0, 0.05) is 56.8 Å². The normalized spacial score (nSPS) is 14.7. The summed E-state index contributed by atoms with van der Waals surface area (Å²) in [5.74, 6) is 3.00. The third-order valence-corrected chi connectivity index (χ3v) is 12.4. The molecule has 7 aromatic carbocycles. The maximum Gasteiger partial charge on any atom is 0.164 e. The van der Waals surface area contributed by atoms with Gasteiger partial charge in [0.1, 0.15) is 17.4 Å². The van der Waals surface area contributed by atoms with Crippen molar-refractivity contribution in [3.05, 3.63) is 205 Å². The lowest BCUT2D eigenvalue weighted by Gasteiger charge is -2.35. The van der Waals surface area contributed by atoms with Gasteiger partial charge in [-0.2, -0.15) is 0 Å². The first kappa shape index (κ1) is 35.1. The lowest BCUT2D eigenvalue weighted by Crippen LogP contribution is -2.28. The van der Waals surface area contributed by atoms with Crippen molar-refractivity contribution in [2.45, 2.75) is 18.9 Å². The molecule has 0 saturated heterocycles. The van der Waals surface area contributed by atoms with Gasteiger partial charge in [-0.1, -0.05) is 133 Å². The number of para-hydroxylation sites is 3. The monoisotopic (exact) mass is 785 g/mol. The number of rotatable bonds is 6. The quantitative estimate of drug-likeness (QED) is 0.168. The molecule has 3 aromatic heterocycles. The highest BCUT2D eigenvalue weighted by Gasteiger charge is 2.35. The number of benzene rings is 7. The van der Waals surface area contributed by atoms with Crippen molar-refractivity contribution >= 4 is 44.0 Å². The van der Waals surface area contributed by atoms with Crippen LogP contribution in [0.5, 0.6) is 0 Å². The molecular formula is C55H39N5O. The van der Waals surface area contributed by atoms with E-state index < -0.39 is 0 Å². The maximum absolute atomic E-state index is 6.67. The van der Waals surface area contributed by atoms with E-state index in [4.69, 9.17) is 19.4 Å². The molecule has 0 fully saturated rings. The minimum Gasteiger partial charge on any atom is -0.458 e. The van der Waals surface area contributed by atoms with E-state index in [2.05, 4.69) is 199 Å². The molecule has 61 heavy (non-hydrogen) atoms. The molecule has 0 amide bonds. The van der Waals surface area contributed by atoms with Crippen LogP contribution in [0, 0.1) is 0 Å². The van der Waals surface area contributed by atoms with Crippen molar-refractivity contribution in [1.82, 2.24) is 19.5 Å². The van der Waals surface area contributed by atoms with Gasteiger partial charge in [0.25, 0.3) is 0 Å². The molecule has 12 rings (SSSR count). The van der Waals surface area contributed by atoms with E-state index in [1.807, 2.05) is 6.07 Å². The van der Waals surface area contributed by atoms with E-state index in [1.165, 1.54) is 38.6 Å². The summed E-state index contributed by atoms with van der Waals surface area (Å²) in [6, 6.07) is 60.2. The summed E-state index contributed by atoms with van der Waals surface area (Å²) in [6.07, 6.45) is 8.27. The summed E-state index contributed by atoms with van der Waals surface area (Å²) in [6.45, 7) is 0. The Balaban J connectivity index is 0.914. The predicted octanol–water partition coefficient (Wildman–Crippen LogP) is 13.7. The van der Waals surface area contributed by atoms with Gasteiger partial charge >= 0.3 is 0 Å². The zero-order valence-corrected chi connectivity index (χ0v) is 33.5. The molecule has 1 atom stereocenters. The van der Waals surface area contributed by atoms with Gasteiger partial charge in [-0.3, -0.25) is 0 Å². The second-order valence-corrected chi connectivity index (χ2v) is 16.0. The van der Waals surface area contributed by atoms with E-state index in [0.29, 0.717) is 11.6 Å². The van der Waals surface area contributed by atoms with Crippen LogP contribution in [0.25, 0.3) is 89.1 Å². The molecule has 0 N–H and O–H groups in total. The number of nitrogens with zero attached hydrogens (tertiary/aromatic N) is 5. The van der Waals surface area contributed by atoms with Crippen LogP contribution in [0.15, 0.2) is 193 Å². The van der Waals surface area contributed by atoms with Crippen LogP contribution in [0.1, 0.15) is 36.0 Å². The first-order chi connectivity index (χ1) is 30.2. The summed E-state index contributed by atoms with van der Waals surface area (Å²) in [5.41, 5.74) is 14.3. The molecule has 4 heterocycles. The SMILES string of the molecule is CN1c2ccc(-c3ccc(-c4nc(C5=CC=CCC5)nc(-c5ccc(-n6c7ccccc7c7ccccc76)cc5)n4)cc3)cc2-c2c(oc3ccccc23)C1c1ccccc1. The number of allylic oxidation sites excluding steroid dienone is 4. The Morgan fingerprint density at radius 3 is 1.84 bits per heavy atom. The second-order valence-electron chi connectivity index (χ2n) is 16.0. The molecule has 2 aliphatic rings. The Kier molecular flexibility index (Phi) is 8.17. The maximum atomic E-state index is 6.67. The topological polar surface area (TPSA) is 60.0 Å². The van der Waals surface area contributed by atoms with Crippen molar-refractivity contribution < 1.29 is 4.42 Å². The summed E-state index contributed by atoms with van der Waals surface area (Å²) >= 11 is 0. The van der Waals surface area contributed by atoms with E-state index in [0.717, 1.165) is 74.5 Å². The molecule has 0 spiro atoms. The minimum absolute atomic E-state index is 0.0326. The van der Waals surface area contributed by atoms with Crippen LogP contribution in [-0.2, 0) is 0 Å². The molecule has 1 aliphatic carbocycles. The third kappa shape index (κ3) is 5.82. The third-order valence-electron chi connectivity index (χ3n) is 12.4. The molecule has 0 saturated carbocycles. The van der Waals surface area contributed by atoms with Gasteiger partial charge in [-0.25, -0.2) is 15.0 Å². The zero-order chi connectivity index (χ0) is 40.4. The van der Waals surface area contributed by atoms with Crippen molar-refractivity contribution in [2.24, 2.45) is 0 Å². The number of furan rings is 1. The molecule has 1 aliphatic heterocycles. The fraction of sp³-hybridized carbons (Fsp3) is 0.0727. The summed E-state index contributed by atoms with van der Waals surface area (Å²) in [4.78, 5) is 17.6. The number of anilines is 1. The van der Waals surface area contributed by atoms with Crippen LogP contribution < -0.4 is 4.90 Å². The summed E-state index contributed by atoms with van der Waals surface area (Å²) in [5, 5.41) is 3.62. The number of fused-ring (bicyclic) bond motifs is 8. The fourth-order valence-corrected chi connectivity index (χ4v) is 9.42. The fourth-order valence-electron chi connectivity index (χ4n) is 9.42. The van der Waals surface area contributed by atoms with Crippen molar-refractivity contribution in [3.8, 4) is 50.7 Å². The number of hydrogen-bond acceptors (Lipinski definition) is 5. The first-order valence-corrected chi connectivity index (χ1v) is 20.9. The van der Waals surface area contributed by atoms with Gasteiger partial charge in [0.05, 0.1) is 11.0 Å². The van der Waals surface area contributed by atoms with Gasteiger partial charge in [0.2, 0.25) is 0 Å². The standard InChI is InChI=1S/C55H39N5O/c1-59-46-33-30-40(34-45(46)50-44-20-10-13-23-49(44)61-52(50)51(59)36-14-4-2-5-15-36)35-24-26-38(27-25-35)54-56-53(37-16-6-3-7-17-37)57-55(58-54)39-28-31-41(32-29-39)60-47-21-11-8-18-42(47)43-19-9-12-22-48(43)60/h2-6,8-16,18-34,51H,7,17H2,1H3. The highest BCUT2D eigenvalue weighted by atomic mass is 16.3. The average molecular weight is 786 g/mol. The van der Waals surface area contributed by atoms with Crippen LogP contribution in [0.3, 0.4) is 0 Å². The van der Waals surface area contributed by atoms with E-state index in [-0.39, 0.29) is 6.04 Å². The lowest BCUT2D eigenvalue weighted by atomic mass is 9.87. The summed E-state index contributed by atoms with van der Waals surface area (Å²) < 4.78 is 9.01. The van der Waals surface area contributed by atoms with Crippen molar-refractivity contribution in [1.29, 1.82) is 0 Å². The largest absolute Gasteiger partial charge is 0.458 e. The highest BCUT2D eigenvalue weighted by molar-refractivity contribution is 6.09. The van der Waals surface area contributed by atoms with Gasteiger partial charge < -0.3 is 13.9 Å². The molecule has 0 radical (unpaired) electrons. The Hall–Kier alpha value is -7.83. The average Bonchev–Trinajstić information content (AvgIpc) is 3.88.